The number of hydrogen-bond donors (Lipinski definition) is 3. The van der Waals surface area contributed by atoms with Crippen molar-refractivity contribution in [1.82, 2.24) is 0 Å². The van der Waals surface area contributed by atoms with Crippen molar-refractivity contribution in [2.75, 3.05) is 5.32 Å². The standard InChI is InChI=1S/C9H12BrN3O/c1-6(9(11)13-14)12-8-4-2-3-7(10)5-8/h2-6,12,14H,1H3,(H2,11,13). The molecule has 1 atom stereocenters. The lowest BCUT2D eigenvalue weighted by Gasteiger charge is -2.13. The smallest absolute Gasteiger partial charge is 0.161 e. The van der Waals surface area contributed by atoms with Crippen molar-refractivity contribution in [3.63, 3.8) is 0 Å². The van der Waals surface area contributed by atoms with Crippen LogP contribution in [0.25, 0.3) is 0 Å². The summed E-state index contributed by atoms with van der Waals surface area (Å²) in [5.74, 6) is 0.157. The molecule has 0 aliphatic carbocycles. The predicted octanol–water partition coefficient (Wildman–Crippen LogP) is 2.00. The van der Waals surface area contributed by atoms with E-state index in [1.807, 2.05) is 31.2 Å². The van der Waals surface area contributed by atoms with Gasteiger partial charge in [-0.05, 0) is 25.1 Å². The quantitative estimate of drug-likeness (QED) is 0.336. The van der Waals surface area contributed by atoms with Crippen LogP contribution >= 0.6 is 15.9 Å². The van der Waals surface area contributed by atoms with E-state index in [-0.39, 0.29) is 11.9 Å². The van der Waals surface area contributed by atoms with E-state index in [0.29, 0.717) is 0 Å². The number of nitrogens with zero attached hydrogens (tertiary/aromatic N) is 1. The van der Waals surface area contributed by atoms with Gasteiger partial charge in [-0.2, -0.15) is 0 Å². The monoisotopic (exact) mass is 257 g/mol. The number of nitrogens with two attached hydrogens (primary N) is 1. The van der Waals surface area contributed by atoms with Crippen LogP contribution < -0.4 is 11.1 Å². The minimum absolute atomic E-state index is 0.157. The fraction of sp³-hybridized carbons (Fsp3) is 0.222. The summed E-state index contributed by atoms with van der Waals surface area (Å²) in [5.41, 5.74) is 6.34. The number of nitrogens with one attached hydrogen (secondary N) is 1. The first kappa shape index (κ1) is 10.8. The van der Waals surface area contributed by atoms with Gasteiger partial charge in [0.25, 0.3) is 0 Å². The summed E-state index contributed by atoms with van der Waals surface area (Å²) >= 11 is 3.36. The van der Waals surface area contributed by atoms with Crippen molar-refractivity contribution >= 4 is 27.5 Å². The Morgan fingerprint density at radius 2 is 2.36 bits per heavy atom. The molecule has 1 aromatic rings. The number of hydrogen-bond acceptors (Lipinski definition) is 3. The van der Waals surface area contributed by atoms with Gasteiger partial charge in [0.05, 0.1) is 6.04 Å². The normalized spacial score (nSPS) is 13.7. The summed E-state index contributed by atoms with van der Waals surface area (Å²) in [6.07, 6.45) is 0. The number of amidine groups is 1. The van der Waals surface area contributed by atoms with Crippen LogP contribution in [-0.2, 0) is 0 Å². The van der Waals surface area contributed by atoms with E-state index in [1.165, 1.54) is 0 Å². The number of oxime groups is 1. The summed E-state index contributed by atoms with van der Waals surface area (Å²) in [5, 5.41) is 14.5. The molecular weight excluding hydrogens is 246 g/mol. The van der Waals surface area contributed by atoms with Gasteiger partial charge >= 0.3 is 0 Å². The molecule has 1 aromatic carbocycles. The van der Waals surface area contributed by atoms with E-state index in [2.05, 4.69) is 26.4 Å². The van der Waals surface area contributed by atoms with Crippen LogP contribution in [0.1, 0.15) is 6.92 Å². The maximum absolute atomic E-state index is 8.45. The zero-order chi connectivity index (χ0) is 10.6. The van der Waals surface area contributed by atoms with Crippen LogP contribution in [0.15, 0.2) is 33.9 Å². The molecule has 0 aliphatic heterocycles. The van der Waals surface area contributed by atoms with Crippen molar-refractivity contribution in [2.45, 2.75) is 13.0 Å². The lowest BCUT2D eigenvalue weighted by molar-refractivity contribution is 0.316. The average Bonchev–Trinajstić information content (AvgIpc) is 2.16. The van der Waals surface area contributed by atoms with Gasteiger partial charge in [-0.1, -0.05) is 27.2 Å². The first-order valence-electron chi connectivity index (χ1n) is 4.13. The van der Waals surface area contributed by atoms with Crippen molar-refractivity contribution in [3.8, 4) is 0 Å². The van der Waals surface area contributed by atoms with Crippen molar-refractivity contribution < 1.29 is 5.21 Å². The van der Waals surface area contributed by atoms with Gasteiger partial charge in [-0.25, -0.2) is 0 Å². The Kier molecular flexibility index (Phi) is 3.76. The number of rotatable bonds is 3. The molecule has 0 saturated heterocycles. The first-order valence-corrected chi connectivity index (χ1v) is 4.92. The molecule has 0 amide bonds. The molecule has 0 fully saturated rings. The minimum atomic E-state index is -0.200. The van der Waals surface area contributed by atoms with Gasteiger partial charge in [0.1, 0.15) is 0 Å². The number of halogens is 1. The second-order valence-electron chi connectivity index (χ2n) is 2.90. The first-order chi connectivity index (χ1) is 6.63. The number of benzene rings is 1. The van der Waals surface area contributed by atoms with E-state index >= 15 is 0 Å². The highest BCUT2D eigenvalue weighted by atomic mass is 79.9. The molecule has 4 nitrogen and oxygen atoms in total. The highest BCUT2D eigenvalue weighted by Gasteiger charge is 2.06. The largest absolute Gasteiger partial charge is 0.409 e. The van der Waals surface area contributed by atoms with E-state index < -0.39 is 0 Å². The van der Waals surface area contributed by atoms with Gasteiger partial charge in [-0.3, -0.25) is 0 Å². The third-order valence-electron chi connectivity index (χ3n) is 1.77. The summed E-state index contributed by atoms with van der Waals surface area (Å²) < 4.78 is 0.981. The Bertz CT molecular complexity index is 341. The topological polar surface area (TPSA) is 70.6 Å². The molecule has 4 N–H and O–H groups in total. The van der Waals surface area contributed by atoms with Gasteiger partial charge < -0.3 is 16.3 Å². The maximum atomic E-state index is 8.45. The summed E-state index contributed by atoms with van der Waals surface area (Å²) in [7, 11) is 0. The molecule has 0 bridgehead atoms. The van der Waals surface area contributed by atoms with E-state index in [0.717, 1.165) is 10.2 Å². The molecular formula is C9H12BrN3O. The molecule has 76 valence electrons. The Balaban J connectivity index is 2.69. The average molecular weight is 258 g/mol. The lowest BCUT2D eigenvalue weighted by Crippen LogP contribution is -2.32. The number of anilines is 1. The Labute approximate surface area is 90.9 Å². The molecule has 0 spiro atoms. The summed E-state index contributed by atoms with van der Waals surface area (Å²) in [6, 6.07) is 7.46. The second-order valence-corrected chi connectivity index (χ2v) is 3.82. The third kappa shape index (κ3) is 2.92. The maximum Gasteiger partial charge on any atom is 0.161 e. The van der Waals surface area contributed by atoms with E-state index in [1.54, 1.807) is 0 Å². The minimum Gasteiger partial charge on any atom is -0.409 e. The zero-order valence-corrected chi connectivity index (χ0v) is 9.32. The van der Waals surface area contributed by atoms with Gasteiger partial charge in [0, 0.05) is 10.2 Å². The summed E-state index contributed by atoms with van der Waals surface area (Å²) in [6.45, 7) is 1.82. The van der Waals surface area contributed by atoms with Gasteiger partial charge in [0.2, 0.25) is 0 Å². The Morgan fingerprint density at radius 3 is 2.93 bits per heavy atom. The highest BCUT2D eigenvalue weighted by molar-refractivity contribution is 9.10. The molecule has 0 radical (unpaired) electrons. The lowest BCUT2D eigenvalue weighted by atomic mass is 10.2. The molecule has 14 heavy (non-hydrogen) atoms. The molecule has 0 aromatic heterocycles. The van der Waals surface area contributed by atoms with Crippen molar-refractivity contribution in [2.24, 2.45) is 10.9 Å². The van der Waals surface area contributed by atoms with E-state index in [4.69, 9.17) is 10.9 Å². The molecule has 0 aliphatic rings. The van der Waals surface area contributed by atoms with Gasteiger partial charge in [0.15, 0.2) is 5.84 Å². The second kappa shape index (κ2) is 4.85. The van der Waals surface area contributed by atoms with Crippen molar-refractivity contribution in [1.29, 1.82) is 0 Å². The molecule has 1 unspecified atom stereocenters. The van der Waals surface area contributed by atoms with Crippen LogP contribution in [0.5, 0.6) is 0 Å². The molecule has 0 saturated carbocycles. The van der Waals surface area contributed by atoms with Gasteiger partial charge in [-0.15, -0.1) is 0 Å². The molecule has 1 rings (SSSR count). The van der Waals surface area contributed by atoms with Crippen LogP contribution in [0.4, 0.5) is 5.69 Å². The van der Waals surface area contributed by atoms with Crippen LogP contribution in [0.2, 0.25) is 0 Å². The summed E-state index contributed by atoms with van der Waals surface area (Å²) in [4.78, 5) is 0. The third-order valence-corrected chi connectivity index (χ3v) is 2.26. The fourth-order valence-electron chi connectivity index (χ4n) is 0.989. The predicted molar refractivity (Wildman–Crippen MR) is 60.6 cm³/mol. The molecule has 5 heteroatoms. The SMILES string of the molecule is CC(Nc1cccc(Br)c1)/C(N)=N/O. The highest BCUT2D eigenvalue weighted by Crippen LogP contribution is 2.16. The van der Waals surface area contributed by atoms with E-state index in [9.17, 15) is 0 Å². The fourth-order valence-corrected chi connectivity index (χ4v) is 1.39. The Morgan fingerprint density at radius 1 is 1.64 bits per heavy atom. The van der Waals surface area contributed by atoms with Crippen LogP contribution in [-0.4, -0.2) is 17.1 Å². The van der Waals surface area contributed by atoms with Crippen LogP contribution in [0.3, 0.4) is 0 Å². The molecule has 0 heterocycles. The van der Waals surface area contributed by atoms with Crippen LogP contribution in [0, 0.1) is 0 Å². The van der Waals surface area contributed by atoms with Crippen molar-refractivity contribution in [3.05, 3.63) is 28.7 Å². The Hall–Kier alpha value is -1.23. The zero-order valence-electron chi connectivity index (χ0n) is 7.74.